The molecule has 0 saturated carbocycles. The molecule has 8 heteroatoms. The van der Waals surface area contributed by atoms with Crippen LogP contribution >= 0.6 is 23.1 Å². The van der Waals surface area contributed by atoms with Gasteiger partial charge in [0.05, 0.1) is 11.4 Å². The van der Waals surface area contributed by atoms with Crippen molar-refractivity contribution in [3.05, 3.63) is 60.4 Å². The van der Waals surface area contributed by atoms with E-state index >= 15 is 0 Å². The first-order valence-electron chi connectivity index (χ1n) is 8.39. The van der Waals surface area contributed by atoms with Crippen LogP contribution in [0.5, 0.6) is 0 Å². The first kappa shape index (κ1) is 19.3. The average molecular weight is 403 g/mol. The molecule has 1 heterocycles. The quantitative estimate of drug-likeness (QED) is 0.567. The number of halogens is 1. The van der Waals surface area contributed by atoms with Crippen molar-refractivity contribution in [3.63, 3.8) is 0 Å². The summed E-state index contributed by atoms with van der Waals surface area (Å²) in [4.78, 5) is 14.5. The highest BCUT2D eigenvalue weighted by Crippen LogP contribution is 2.29. The standard InChI is InChI=1S/C19H19FN4OS2/c1-13(2)24(14-8-4-3-5-9-14)17(25)12-26-19-23-22-18(27-19)21-16-11-7-6-10-15(16)20/h3-11,13H,12H2,1-2H3,(H,21,22). The number of benzene rings is 2. The fourth-order valence-corrected chi connectivity index (χ4v) is 4.13. The predicted molar refractivity (Wildman–Crippen MR) is 109 cm³/mol. The van der Waals surface area contributed by atoms with Crippen molar-refractivity contribution in [1.29, 1.82) is 0 Å². The van der Waals surface area contributed by atoms with Crippen LogP contribution in [0, 0.1) is 5.82 Å². The van der Waals surface area contributed by atoms with Gasteiger partial charge in [-0.25, -0.2) is 4.39 Å². The highest BCUT2D eigenvalue weighted by atomic mass is 32.2. The van der Waals surface area contributed by atoms with Crippen LogP contribution in [0.1, 0.15) is 13.8 Å². The van der Waals surface area contributed by atoms with Crippen molar-refractivity contribution in [2.75, 3.05) is 16.0 Å². The lowest BCUT2D eigenvalue weighted by atomic mass is 10.2. The van der Waals surface area contributed by atoms with Crippen molar-refractivity contribution in [2.45, 2.75) is 24.2 Å². The average Bonchev–Trinajstić information content (AvgIpc) is 3.10. The summed E-state index contributed by atoms with van der Waals surface area (Å²) in [5, 5.41) is 11.5. The zero-order valence-electron chi connectivity index (χ0n) is 14.9. The molecule has 0 fully saturated rings. The van der Waals surface area contributed by atoms with Crippen molar-refractivity contribution < 1.29 is 9.18 Å². The Bertz CT molecular complexity index is 901. The second-order valence-corrected chi connectivity index (χ2v) is 8.16. The van der Waals surface area contributed by atoms with Crippen LogP contribution in [0.2, 0.25) is 0 Å². The van der Waals surface area contributed by atoms with Crippen molar-refractivity contribution >= 4 is 45.5 Å². The van der Waals surface area contributed by atoms with Gasteiger partial charge in [0.25, 0.3) is 0 Å². The van der Waals surface area contributed by atoms with Gasteiger partial charge in [-0.05, 0) is 38.1 Å². The molecule has 0 unspecified atom stereocenters. The molecule has 3 rings (SSSR count). The molecule has 1 amide bonds. The van der Waals surface area contributed by atoms with Gasteiger partial charge < -0.3 is 10.2 Å². The van der Waals surface area contributed by atoms with E-state index in [1.165, 1.54) is 29.2 Å². The number of nitrogens with one attached hydrogen (secondary N) is 1. The molecule has 27 heavy (non-hydrogen) atoms. The smallest absolute Gasteiger partial charge is 0.237 e. The number of thioether (sulfide) groups is 1. The maximum Gasteiger partial charge on any atom is 0.237 e. The van der Waals surface area contributed by atoms with Crippen molar-refractivity contribution in [3.8, 4) is 0 Å². The molecule has 5 nitrogen and oxygen atoms in total. The van der Waals surface area contributed by atoms with Gasteiger partial charge in [0, 0.05) is 11.7 Å². The Kier molecular flexibility index (Phi) is 6.41. The van der Waals surface area contributed by atoms with Gasteiger partial charge in [-0.15, -0.1) is 10.2 Å². The number of para-hydroxylation sites is 2. The Balaban J connectivity index is 1.62. The number of anilines is 3. The maximum absolute atomic E-state index is 13.7. The van der Waals surface area contributed by atoms with Crippen molar-refractivity contribution in [2.24, 2.45) is 0 Å². The van der Waals surface area contributed by atoms with Crippen LogP contribution in [0.3, 0.4) is 0 Å². The van der Waals surface area contributed by atoms with E-state index in [0.717, 1.165) is 5.69 Å². The van der Waals surface area contributed by atoms with Crippen molar-refractivity contribution in [1.82, 2.24) is 10.2 Å². The molecule has 0 radical (unpaired) electrons. The van der Waals surface area contributed by atoms with E-state index < -0.39 is 0 Å². The Morgan fingerprint density at radius 1 is 1.15 bits per heavy atom. The second-order valence-electron chi connectivity index (χ2n) is 5.96. The number of rotatable bonds is 7. The lowest BCUT2D eigenvalue weighted by molar-refractivity contribution is -0.116. The minimum atomic E-state index is -0.354. The number of hydrogen-bond donors (Lipinski definition) is 1. The zero-order valence-corrected chi connectivity index (χ0v) is 16.6. The number of carbonyl (C=O) groups is 1. The van der Waals surface area contributed by atoms with Gasteiger partial charge in [-0.2, -0.15) is 0 Å². The molecule has 0 bridgehead atoms. The lowest BCUT2D eigenvalue weighted by Crippen LogP contribution is -2.38. The molecule has 0 spiro atoms. The second kappa shape index (κ2) is 8.96. The third-order valence-electron chi connectivity index (χ3n) is 3.66. The Morgan fingerprint density at radius 2 is 1.85 bits per heavy atom. The molecule has 2 aromatic carbocycles. The lowest BCUT2D eigenvalue weighted by Gasteiger charge is -2.26. The normalized spacial score (nSPS) is 10.8. The molecule has 140 valence electrons. The summed E-state index contributed by atoms with van der Waals surface area (Å²) in [6.45, 7) is 3.97. The summed E-state index contributed by atoms with van der Waals surface area (Å²) in [6.07, 6.45) is 0. The third kappa shape index (κ3) is 5.05. The minimum absolute atomic E-state index is 0.0000120. The van der Waals surface area contributed by atoms with E-state index in [4.69, 9.17) is 0 Å². The van der Waals surface area contributed by atoms with Gasteiger partial charge in [0.15, 0.2) is 4.34 Å². The fourth-order valence-electron chi connectivity index (χ4n) is 2.51. The van der Waals surface area contributed by atoms with E-state index in [9.17, 15) is 9.18 Å². The molecule has 1 N–H and O–H groups in total. The monoisotopic (exact) mass is 402 g/mol. The summed E-state index contributed by atoms with van der Waals surface area (Å²) in [6, 6.07) is 16.0. The van der Waals surface area contributed by atoms with Gasteiger partial charge in [-0.1, -0.05) is 53.4 Å². The molecule has 0 aliphatic carbocycles. The number of aromatic nitrogens is 2. The molecule has 0 atom stereocenters. The van der Waals surface area contributed by atoms with Crippen LogP contribution in [0.25, 0.3) is 0 Å². The Labute approximate surface area is 165 Å². The van der Waals surface area contributed by atoms with E-state index in [1.54, 1.807) is 23.1 Å². The molecular weight excluding hydrogens is 383 g/mol. The Hall–Kier alpha value is -2.45. The summed E-state index contributed by atoms with van der Waals surface area (Å²) >= 11 is 2.61. The molecule has 0 aliphatic rings. The van der Waals surface area contributed by atoms with Crippen LogP contribution in [-0.2, 0) is 4.79 Å². The minimum Gasteiger partial charge on any atom is -0.328 e. The van der Waals surface area contributed by atoms with Crippen LogP contribution < -0.4 is 10.2 Å². The zero-order chi connectivity index (χ0) is 19.2. The van der Waals surface area contributed by atoms with E-state index in [0.29, 0.717) is 15.2 Å². The molecule has 3 aromatic rings. The van der Waals surface area contributed by atoms with Gasteiger partial charge in [-0.3, -0.25) is 4.79 Å². The number of amides is 1. The first-order valence-corrected chi connectivity index (χ1v) is 10.2. The first-order chi connectivity index (χ1) is 13.0. The van der Waals surface area contributed by atoms with E-state index in [2.05, 4.69) is 15.5 Å². The Morgan fingerprint density at radius 3 is 2.56 bits per heavy atom. The van der Waals surface area contributed by atoms with Crippen LogP contribution in [-0.4, -0.2) is 27.9 Å². The largest absolute Gasteiger partial charge is 0.328 e. The highest BCUT2D eigenvalue weighted by Gasteiger charge is 2.19. The van der Waals surface area contributed by atoms with Crippen LogP contribution in [0.15, 0.2) is 58.9 Å². The molecule has 0 saturated heterocycles. The van der Waals surface area contributed by atoms with Gasteiger partial charge in [0.1, 0.15) is 5.82 Å². The van der Waals surface area contributed by atoms with E-state index in [1.807, 2.05) is 44.2 Å². The number of nitrogens with zero attached hydrogens (tertiary/aromatic N) is 3. The summed E-state index contributed by atoms with van der Waals surface area (Å²) in [5.74, 6) is -0.103. The topological polar surface area (TPSA) is 58.1 Å². The van der Waals surface area contributed by atoms with Gasteiger partial charge in [0.2, 0.25) is 11.0 Å². The molecule has 1 aromatic heterocycles. The fraction of sp³-hybridized carbons (Fsp3) is 0.211. The summed E-state index contributed by atoms with van der Waals surface area (Å²) in [7, 11) is 0. The summed E-state index contributed by atoms with van der Waals surface area (Å²) in [5.41, 5.74) is 1.22. The van der Waals surface area contributed by atoms with E-state index in [-0.39, 0.29) is 23.5 Å². The SMILES string of the molecule is CC(C)N(C(=O)CSc1nnc(Nc2ccccc2F)s1)c1ccccc1. The third-order valence-corrected chi connectivity index (χ3v) is 5.62. The number of carbonyl (C=O) groups excluding carboxylic acids is 1. The number of hydrogen-bond acceptors (Lipinski definition) is 6. The van der Waals surface area contributed by atoms with Gasteiger partial charge >= 0.3 is 0 Å². The molecule has 0 aliphatic heterocycles. The highest BCUT2D eigenvalue weighted by molar-refractivity contribution is 8.01. The molecular formula is C19H19FN4OS2. The predicted octanol–water partition coefficient (Wildman–Crippen LogP) is 4.95. The summed E-state index contributed by atoms with van der Waals surface area (Å²) < 4.78 is 14.4. The maximum atomic E-state index is 13.7. The van der Waals surface area contributed by atoms with Crippen LogP contribution in [0.4, 0.5) is 20.9 Å².